The molecule has 1 aliphatic heterocycles. The molecule has 1 aliphatic rings. The van der Waals surface area contributed by atoms with Crippen LogP contribution in [0.4, 0.5) is 15.8 Å². The second-order valence-corrected chi connectivity index (χ2v) is 6.83. The number of hydrogen-bond donors (Lipinski definition) is 2. The highest BCUT2D eigenvalue weighted by atomic mass is 35.5. The Hall–Kier alpha value is -3.03. The second kappa shape index (κ2) is 7.53. The van der Waals surface area contributed by atoms with Gasteiger partial charge in [-0.25, -0.2) is 4.39 Å². The molecule has 4 rings (SSSR count). The number of ether oxygens (including phenoxy) is 1. The van der Waals surface area contributed by atoms with Crippen LogP contribution in [0.15, 0.2) is 48.7 Å². The summed E-state index contributed by atoms with van der Waals surface area (Å²) in [5, 5.41) is 10.9. The van der Waals surface area contributed by atoms with Crippen LogP contribution in [-0.2, 0) is 4.74 Å². The van der Waals surface area contributed by atoms with Gasteiger partial charge in [0.1, 0.15) is 5.82 Å². The fourth-order valence-electron chi connectivity index (χ4n) is 3.04. The number of rotatable bonds is 5. The van der Waals surface area contributed by atoms with Gasteiger partial charge in [0, 0.05) is 22.7 Å². The molecule has 2 aromatic carbocycles. The van der Waals surface area contributed by atoms with Crippen LogP contribution in [0.3, 0.4) is 0 Å². The minimum atomic E-state index is -0.785. The molecule has 1 fully saturated rings. The molecule has 2 heterocycles. The molecule has 6 nitrogen and oxygen atoms in total. The maximum atomic E-state index is 14.5. The van der Waals surface area contributed by atoms with E-state index in [9.17, 15) is 9.18 Å². The Morgan fingerprint density at radius 2 is 1.96 bits per heavy atom. The summed E-state index contributed by atoms with van der Waals surface area (Å²) in [7, 11) is 0. The molecular weight excluding hydrogens is 383 g/mol. The SMILES string of the molecule is NC(=O)c1nncc(-c2c(F)cccc2Cl)c1Nc1ccc(C2COC2)cc1. The van der Waals surface area contributed by atoms with Crippen LogP contribution in [0, 0.1) is 5.82 Å². The highest BCUT2D eigenvalue weighted by molar-refractivity contribution is 6.33. The predicted octanol–water partition coefficient (Wildman–Crippen LogP) is 3.89. The summed E-state index contributed by atoms with van der Waals surface area (Å²) in [5.41, 5.74) is 7.86. The number of carbonyl (C=O) groups excluding carboxylic acids is 1. The molecule has 3 aromatic rings. The van der Waals surface area contributed by atoms with Crippen molar-refractivity contribution in [3.05, 3.63) is 70.8 Å². The molecular formula is C20H16ClFN4O2. The fourth-order valence-corrected chi connectivity index (χ4v) is 3.31. The summed E-state index contributed by atoms with van der Waals surface area (Å²) < 4.78 is 19.7. The minimum absolute atomic E-state index is 0.103. The first-order valence-electron chi connectivity index (χ1n) is 8.59. The number of nitrogens with zero attached hydrogens (tertiary/aromatic N) is 2. The molecule has 0 unspecified atom stereocenters. The topological polar surface area (TPSA) is 90.1 Å². The molecule has 28 heavy (non-hydrogen) atoms. The summed E-state index contributed by atoms with van der Waals surface area (Å²) in [5.74, 6) is -0.933. The highest BCUT2D eigenvalue weighted by Crippen LogP contribution is 2.37. The van der Waals surface area contributed by atoms with Crippen molar-refractivity contribution in [2.45, 2.75) is 5.92 Å². The number of carbonyl (C=O) groups is 1. The standard InChI is InChI=1S/C20H16ClFN4O2/c21-15-2-1-3-16(22)17(15)14-8-24-26-19(20(23)27)18(14)25-13-6-4-11(5-7-13)12-9-28-10-12/h1-8,12H,9-10H2,(H2,23,27)(H,24,25). The number of halogens is 2. The monoisotopic (exact) mass is 398 g/mol. The number of hydrogen-bond acceptors (Lipinski definition) is 5. The van der Waals surface area contributed by atoms with Crippen LogP contribution in [-0.4, -0.2) is 29.3 Å². The van der Waals surface area contributed by atoms with Crippen molar-refractivity contribution in [2.75, 3.05) is 18.5 Å². The lowest BCUT2D eigenvalue weighted by Crippen LogP contribution is -2.24. The van der Waals surface area contributed by atoms with Crippen molar-refractivity contribution < 1.29 is 13.9 Å². The number of nitrogens with two attached hydrogens (primary N) is 1. The number of aromatic nitrogens is 2. The van der Waals surface area contributed by atoms with Gasteiger partial charge < -0.3 is 15.8 Å². The van der Waals surface area contributed by atoms with E-state index in [0.717, 1.165) is 5.56 Å². The molecule has 1 amide bonds. The molecule has 142 valence electrons. The van der Waals surface area contributed by atoms with Gasteiger partial charge in [0.2, 0.25) is 0 Å². The second-order valence-electron chi connectivity index (χ2n) is 6.42. The Balaban J connectivity index is 1.77. The minimum Gasteiger partial charge on any atom is -0.380 e. The van der Waals surface area contributed by atoms with Crippen LogP contribution in [0.25, 0.3) is 11.1 Å². The fraction of sp³-hybridized carbons (Fsp3) is 0.150. The summed E-state index contributed by atoms with van der Waals surface area (Å²) in [6.45, 7) is 1.42. The van der Waals surface area contributed by atoms with E-state index < -0.39 is 11.7 Å². The van der Waals surface area contributed by atoms with Gasteiger partial charge in [0.05, 0.1) is 30.1 Å². The van der Waals surface area contributed by atoms with Gasteiger partial charge in [-0.1, -0.05) is 29.8 Å². The van der Waals surface area contributed by atoms with Gasteiger partial charge in [0.25, 0.3) is 5.91 Å². The van der Waals surface area contributed by atoms with E-state index in [-0.39, 0.29) is 22.0 Å². The first-order chi connectivity index (χ1) is 13.5. The number of amides is 1. The first-order valence-corrected chi connectivity index (χ1v) is 8.97. The zero-order chi connectivity index (χ0) is 19.7. The Morgan fingerprint density at radius 1 is 1.21 bits per heavy atom. The average molecular weight is 399 g/mol. The van der Waals surface area contributed by atoms with Gasteiger partial charge in [-0.05, 0) is 29.8 Å². The Bertz CT molecular complexity index is 1020. The van der Waals surface area contributed by atoms with Crippen molar-refractivity contribution in [3.63, 3.8) is 0 Å². The van der Waals surface area contributed by atoms with E-state index in [2.05, 4.69) is 15.5 Å². The van der Waals surface area contributed by atoms with Gasteiger partial charge in [-0.2, -0.15) is 5.10 Å². The molecule has 1 saturated heterocycles. The summed E-state index contributed by atoms with van der Waals surface area (Å²) >= 11 is 6.20. The van der Waals surface area contributed by atoms with Crippen molar-refractivity contribution in [1.82, 2.24) is 10.2 Å². The first kappa shape index (κ1) is 18.3. The van der Waals surface area contributed by atoms with Gasteiger partial charge in [-0.15, -0.1) is 5.10 Å². The molecule has 0 spiro atoms. The Kier molecular flexibility index (Phi) is 4.93. The normalized spacial score (nSPS) is 13.8. The molecule has 0 saturated carbocycles. The quantitative estimate of drug-likeness (QED) is 0.680. The van der Waals surface area contributed by atoms with E-state index in [1.807, 2.05) is 24.3 Å². The molecule has 0 radical (unpaired) electrons. The van der Waals surface area contributed by atoms with E-state index in [1.165, 1.54) is 18.3 Å². The lowest BCUT2D eigenvalue weighted by Gasteiger charge is -2.26. The maximum Gasteiger partial charge on any atom is 0.271 e. The molecule has 0 aliphatic carbocycles. The molecule has 8 heteroatoms. The Morgan fingerprint density at radius 3 is 2.57 bits per heavy atom. The van der Waals surface area contributed by atoms with Crippen LogP contribution in [0.1, 0.15) is 22.0 Å². The third-order valence-corrected chi connectivity index (χ3v) is 4.92. The van der Waals surface area contributed by atoms with Gasteiger partial charge in [-0.3, -0.25) is 4.79 Å². The van der Waals surface area contributed by atoms with Crippen molar-refractivity contribution in [1.29, 1.82) is 0 Å². The highest BCUT2D eigenvalue weighted by Gasteiger charge is 2.22. The summed E-state index contributed by atoms with van der Waals surface area (Å²) in [6, 6.07) is 12.0. The van der Waals surface area contributed by atoms with Crippen molar-refractivity contribution in [3.8, 4) is 11.1 Å². The van der Waals surface area contributed by atoms with Crippen LogP contribution < -0.4 is 11.1 Å². The Labute approximate surface area is 165 Å². The van der Waals surface area contributed by atoms with Crippen LogP contribution >= 0.6 is 11.6 Å². The largest absolute Gasteiger partial charge is 0.380 e. The van der Waals surface area contributed by atoms with Crippen LogP contribution in [0.2, 0.25) is 5.02 Å². The smallest absolute Gasteiger partial charge is 0.271 e. The number of nitrogens with one attached hydrogen (secondary N) is 1. The number of benzene rings is 2. The van der Waals surface area contributed by atoms with E-state index in [1.54, 1.807) is 6.07 Å². The zero-order valence-electron chi connectivity index (χ0n) is 14.7. The van der Waals surface area contributed by atoms with Crippen molar-refractivity contribution >= 4 is 28.9 Å². The third-order valence-electron chi connectivity index (χ3n) is 4.61. The lowest BCUT2D eigenvalue weighted by atomic mass is 9.97. The third kappa shape index (κ3) is 3.42. The number of anilines is 2. The summed E-state index contributed by atoms with van der Waals surface area (Å²) in [6.07, 6.45) is 1.35. The average Bonchev–Trinajstić information content (AvgIpc) is 2.62. The van der Waals surface area contributed by atoms with E-state index in [4.69, 9.17) is 22.1 Å². The maximum absolute atomic E-state index is 14.5. The zero-order valence-corrected chi connectivity index (χ0v) is 15.4. The van der Waals surface area contributed by atoms with Crippen molar-refractivity contribution in [2.24, 2.45) is 5.73 Å². The summed E-state index contributed by atoms with van der Waals surface area (Å²) in [4.78, 5) is 11.9. The molecule has 0 bridgehead atoms. The molecule has 0 atom stereocenters. The van der Waals surface area contributed by atoms with Gasteiger partial charge in [0.15, 0.2) is 5.69 Å². The molecule has 3 N–H and O–H groups in total. The van der Waals surface area contributed by atoms with Crippen LogP contribution in [0.5, 0.6) is 0 Å². The lowest BCUT2D eigenvalue weighted by molar-refractivity contribution is 0.00843. The van der Waals surface area contributed by atoms with Gasteiger partial charge >= 0.3 is 0 Å². The molecule has 1 aromatic heterocycles. The predicted molar refractivity (Wildman–Crippen MR) is 104 cm³/mol. The van der Waals surface area contributed by atoms with E-state index in [0.29, 0.717) is 30.4 Å². The van der Waals surface area contributed by atoms with E-state index >= 15 is 0 Å². The number of primary amides is 1.